The molecule has 11 nitrogen and oxygen atoms in total. The molecule has 1 saturated carbocycles. The van der Waals surface area contributed by atoms with Gasteiger partial charge in [-0.15, -0.1) is 0 Å². The summed E-state index contributed by atoms with van der Waals surface area (Å²) in [5, 5.41) is 22.2. The second-order valence-electron chi connectivity index (χ2n) is 15.1. The molecule has 0 aromatic rings. The second kappa shape index (κ2) is 19.0. The van der Waals surface area contributed by atoms with Gasteiger partial charge >= 0.3 is 18.2 Å². The molecule has 282 valence electrons. The number of allylic oxidation sites excluding steroid dienone is 2. The predicted octanol–water partition coefficient (Wildman–Crippen LogP) is 5.55. The van der Waals surface area contributed by atoms with Gasteiger partial charge in [-0.05, 0) is 57.6 Å². The van der Waals surface area contributed by atoms with Crippen molar-refractivity contribution in [1.82, 2.24) is 14.7 Å². The number of amides is 2. The minimum Gasteiger partial charge on any atom is -0.457 e. The van der Waals surface area contributed by atoms with Crippen LogP contribution in [0.2, 0.25) is 0 Å². The lowest BCUT2D eigenvalue weighted by Gasteiger charge is -2.40. The number of aliphatic hydroxyl groups is 2. The molecule has 4 aliphatic rings. The van der Waals surface area contributed by atoms with Gasteiger partial charge < -0.3 is 34.2 Å². The molecule has 12 heteroatoms. The Hall–Kier alpha value is -2.96. The van der Waals surface area contributed by atoms with Gasteiger partial charge in [0.15, 0.2) is 6.10 Å². The number of alkyl halides is 1. The highest BCUT2D eigenvalue weighted by atomic mass is 19.1. The lowest BCUT2D eigenvalue weighted by atomic mass is 9.89. The monoisotopic (exact) mass is 705 g/mol. The van der Waals surface area contributed by atoms with Crippen molar-refractivity contribution in [3.8, 4) is 0 Å². The highest BCUT2D eigenvalue weighted by Crippen LogP contribution is 2.28. The summed E-state index contributed by atoms with van der Waals surface area (Å²) < 4.78 is 30.6. The van der Waals surface area contributed by atoms with Gasteiger partial charge in [0.25, 0.3) is 0 Å². The lowest BCUT2D eigenvalue weighted by molar-refractivity contribution is -0.151. The van der Waals surface area contributed by atoms with Crippen LogP contribution in [0.25, 0.3) is 0 Å². The fourth-order valence-corrected chi connectivity index (χ4v) is 7.25. The van der Waals surface area contributed by atoms with E-state index < -0.39 is 48.2 Å². The van der Waals surface area contributed by atoms with Crippen LogP contribution in [-0.2, 0) is 19.0 Å². The van der Waals surface area contributed by atoms with Crippen LogP contribution in [0.1, 0.15) is 91.9 Å². The molecule has 2 N–H and O–H groups in total. The number of carbonyl (C=O) groups excluding carboxylic acids is 3. The molecule has 4 rings (SSSR count). The van der Waals surface area contributed by atoms with E-state index >= 15 is 0 Å². The molecule has 7 atom stereocenters. The summed E-state index contributed by atoms with van der Waals surface area (Å²) in [6, 6.07) is 0.578. The number of hydrogen-bond acceptors (Lipinski definition) is 9. The fourth-order valence-electron chi connectivity index (χ4n) is 7.25. The van der Waals surface area contributed by atoms with Crippen LogP contribution < -0.4 is 0 Å². The summed E-state index contributed by atoms with van der Waals surface area (Å²) in [4.78, 5) is 44.1. The van der Waals surface area contributed by atoms with Crippen LogP contribution in [0.3, 0.4) is 0 Å². The maximum absolute atomic E-state index is 13.4. The van der Waals surface area contributed by atoms with E-state index in [1.54, 1.807) is 24.0 Å². The summed E-state index contributed by atoms with van der Waals surface area (Å²) in [5.74, 6) is -1.03. The zero-order valence-corrected chi connectivity index (χ0v) is 30.5. The van der Waals surface area contributed by atoms with E-state index in [0.717, 1.165) is 18.7 Å². The smallest absolute Gasteiger partial charge is 0.410 e. The molecule has 50 heavy (non-hydrogen) atoms. The quantitative estimate of drug-likeness (QED) is 0.115. The third kappa shape index (κ3) is 12.1. The first-order chi connectivity index (χ1) is 23.8. The molecular formula is C38H60FN3O8. The standard InChI is InChI=1S/C38H60FN3O8/c1-27(26-48-36(45)42-19-17-30(39)25-42)10-9-11-28(2)35-29(3)14-15-33(38(4,47)18-16-32(43)24-34(44)50-35)49-37(46)41-22-20-40(21-23-41)31-12-7-5-6-8-13-31/h9-11,14-15,27,29-33,35,43,47H,5-8,12-13,16-26H2,1-4H3/b10-9+,15-14+,28-11+/t27-,29+,30-,32+,33-,35-,38+/m1/s1. The topological polar surface area (TPSA) is 129 Å². The maximum Gasteiger partial charge on any atom is 0.410 e. The lowest BCUT2D eigenvalue weighted by Crippen LogP contribution is -2.53. The number of hydrogen-bond donors (Lipinski definition) is 2. The predicted molar refractivity (Wildman–Crippen MR) is 188 cm³/mol. The number of likely N-dealkylation sites (tertiary alicyclic amines) is 1. The van der Waals surface area contributed by atoms with Crippen molar-refractivity contribution in [1.29, 1.82) is 0 Å². The van der Waals surface area contributed by atoms with Gasteiger partial charge in [0.2, 0.25) is 0 Å². The third-order valence-corrected chi connectivity index (χ3v) is 10.6. The number of piperazine rings is 1. The third-order valence-electron chi connectivity index (χ3n) is 10.6. The van der Waals surface area contributed by atoms with Crippen molar-refractivity contribution >= 4 is 18.2 Å². The Morgan fingerprint density at radius 2 is 1.74 bits per heavy atom. The highest BCUT2D eigenvalue weighted by molar-refractivity contribution is 5.70. The highest BCUT2D eigenvalue weighted by Gasteiger charge is 2.37. The van der Waals surface area contributed by atoms with Gasteiger partial charge in [0.05, 0.1) is 25.7 Å². The number of halogens is 1. The van der Waals surface area contributed by atoms with Crippen LogP contribution in [0.5, 0.6) is 0 Å². The molecule has 0 aromatic carbocycles. The molecule has 3 heterocycles. The van der Waals surface area contributed by atoms with E-state index in [1.807, 2.05) is 39.0 Å². The van der Waals surface area contributed by atoms with Gasteiger partial charge in [0.1, 0.15) is 17.9 Å². The SMILES string of the molecule is C/C(=C\C=C\[C@@H](C)COC(=O)N1CC[C@@H](F)C1)[C@H]1OC(=O)C[C@@H](O)CC[C@](C)(O)[C@H](OC(=O)N2CCN(C3CCCCCC3)CC2)/C=C/[C@@H]1C. The number of ether oxygens (including phenoxy) is 3. The van der Waals surface area contributed by atoms with Crippen molar-refractivity contribution in [2.24, 2.45) is 11.8 Å². The number of aliphatic hydroxyl groups excluding tert-OH is 1. The Morgan fingerprint density at radius 1 is 1.04 bits per heavy atom. The maximum atomic E-state index is 13.4. The van der Waals surface area contributed by atoms with Gasteiger partial charge in [-0.25, -0.2) is 14.0 Å². The Bertz CT molecular complexity index is 1210. The van der Waals surface area contributed by atoms with Gasteiger partial charge in [-0.3, -0.25) is 9.69 Å². The van der Waals surface area contributed by atoms with Crippen LogP contribution in [0, 0.1) is 11.8 Å². The Morgan fingerprint density at radius 3 is 2.40 bits per heavy atom. The van der Waals surface area contributed by atoms with Crippen molar-refractivity contribution in [2.75, 3.05) is 45.9 Å². The van der Waals surface area contributed by atoms with E-state index in [0.29, 0.717) is 32.1 Å². The average molecular weight is 706 g/mol. The summed E-state index contributed by atoms with van der Waals surface area (Å²) in [7, 11) is 0. The number of nitrogens with zero attached hydrogens (tertiary/aromatic N) is 3. The summed E-state index contributed by atoms with van der Waals surface area (Å²) in [6.07, 6.45) is 12.1. The second-order valence-corrected chi connectivity index (χ2v) is 15.1. The summed E-state index contributed by atoms with van der Waals surface area (Å²) in [5.41, 5.74) is -0.746. The average Bonchev–Trinajstić information content (AvgIpc) is 3.34. The van der Waals surface area contributed by atoms with Crippen LogP contribution in [0.15, 0.2) is 36.0 Å². The molecule has 1 aliphatic carbocycles. The zero-order chi connectivity index (χ0) is 36.3. The van der Waals surface area contributed by atoms with Crippen molar-refractivity contribution in [2.45, 2.75) is 128 Å². The summed E-state index contributed by atoms with van der Waals surface area (Å²) >= 11 is 0. The van der Waals surface area contributed by atoms with Crippen LogP contribution in [0.4, 0.5) is 14.0 Å². The van der Waals surface area contributed by atoms with E-state index in [1.165, 1.54) is 43.4 Å². The fraction of sp³-hybridized carbons (Fsp3) is 0.763. The summed E-state index contributed by atoms with van der Waals surface area (Å²) in [6.45, 7) is 10.5. The molecule has 3 aliphatic heterocycles. The Balaban J connectivity index is 1.39. The largest absolute Gasteiger partial charge is 0.457 e. The minimum absolute atomic E-state index is 0.0626. The van der Waals surface area contributed by atoms with E-state index in [9.17, 15) is 29.0 Å². The van der Waals surface area contributed by atoms with E-state index in [-0.39, 0.29) is 44.2 Å². The van der Waals surface area contributed by atoms with Gasteiger partial charge in [-0.1, -0.05) is 63.8 Å². The number of carbonyl (C=O) groups is 3. The van der Waals surface area contributed by atoms with Crippen molar-refractivity contribution in [3.05, 3.63) is 36.0 Å². The molecule has 0 radical (unpaired) electrons. The van der Waals surface area contributed by atoms with Crippen molar-refractivity contribution in [3.63, 3.8) is 0 Å². The first-order valence-electron chi connectivity index (χ1n) is 18.7. The molecule has 0 bridgehead atoms. The van der Waals surface area contributed by atoms with E-state index in [2.05, 4.69) is 4.90 Å². The first kappa shape index (κ1) is 39.8. The molecular weight excluding hydrogens is 645 g/mol. The molecule has 2 amide bonds. The minimum atomic E-state index is -1.48. The van der Waals surface area contributed by atoms with Gasteiger partial charge in [-0.2, -0.15) is 0 Å². The van der Waals surface area contributed by atoms with Crippen LogP contribution >= 0.6 is 0 Å². The molecule has 0 unspecified atom stereocenters. The van der Waals surface area contributed by atoms with E-state index in [4.69, 9.17) is 14.2 Å². The Kier molecular flexibility index (Phi) is 15.2. The van der Waals surface area contributed by atoms with Crippen molar-refractivity contribution < 1.29 is 43.2 Å². The normalized spacial score (nSPS) is 32.8. The molecule has 0 spiro atoms. The van der Waals surface area contributed by atoms with Crippen LogP contribution in [-0.4, -0.2) is 125 Å². The van der Waals surface area contributed by atoms with Gasteiger partial charge in [0, 0.05) is 50.6 Å². The number of cyclic esters (lactones) is 1. The molecule has 3 fully saturated rings. The molecule has 2 saturated heterocycles. The zero-order valence-electron chi connectivity index (χ0n) is 30.5. The number of esters is 1. The molecule has 0 aromatic heterocycles. The Labute approximate surface area is 297 Å². The number of rotatable bonds is 7. The first-order valence-corrected chi connectivity index (χ1v) is 18.7.